The predicted octanol–water partition coefficient (Wildman–Crippen LogP) is 4.81. The zero-order valence-corrected chi connectivity index (χ0v) is 17.3. The van der Waals surface area contributed by atoms with Crippen LogP contribution in [0.15, 0.2) is 23.4 Å². The number of fused-ring (bicyclic) bond motifs is 1. The summed E-state index contributed by atoms with van der Waals surface area (Å²) in [4.78, 5) is 23.4. The third-order valence-corrected chi connectivity index (χ3v) is 7.91. The maximum Gasteiger partial charge on any atom is 0.254 e. The molecule has 1 saturated carbocycles. The van der Waals surface area contributed by atoms with Crippen molar-refractivity contribution >= 4 is 29.0 Å². The van der Waals surface area contributed by atoms with Crippen molar-refractivity contribution in [3.63, 3.8) is 0 Å². The minimum Gasteiger partial charge on any atom is -0.352 e. The first kappa shape index (κ1) is 18.9. The van der Waals surface area contributed by atoms with Gasteiger partial charge < -0.3 is 5.32 Å². The molecule has 1 fully saturated rings. The number of carbonyl (C=O) groups is 1. The number of aryl methyl sites for hydroxylation is 3. The molecule has 0 unspecified atom stereocenters. The summed E-state index contributed by atoms with van der Waals surface area (Å²) in [7, 11) is 0. The molecule has 0 aliphatic heterocycles. The topological polar surface area (TPSA) is 54.9 Å². The summed E-state index contributed by atoms with van der Waals surface area (Å²) in [5.41, 5.74) is 2.05. The maximum absolute atomic E-state index is 12.6. The minimum absolute atomic E-state index is 0.00188. The second-order valence-corrected chi connectivity index (χ2v) is 9.88. The summed E-state index contributed by atoms with van der Waals surface area (Å²) in [6.45, 7) is 0.686. The van der Waals surface area contributed by atoms with E-state index >= 15 is 0 Å². The van der Waals surface area contributed by atoms with E-state index in [0.29, 0.717) is 11.8 Å². The Bertz CT molecular complexity index is 760. The fourth-order valence-electron chi connectivity index (χ4n) is 3.87. The van der Waals surface area contributed by atoms with Gasteiger partial charge in [-0.3, -0.25) is 4.79 Å². The average Bonchev–Trinajstić information content (AvgIpc) is 3.34. The Morgan fingerprint density at radius 1 is 1.22 bits per heavy atom. The van der Waals surface area contributed by atoms with Gasteiger partial charge in [0, 0.05) is 29.3 Å². The lowest BCUT2D eigenvalue weighted by molar-refractivity contribution is 0.0949. The standard InChI is InChI=1S/C21H27N3OS2/c25-20(16-9-5-14-23-21(16)26-15-7-1-2-8-15)22-13-6-12-19-24-17-10-3-4-11-18(17)27-19/h5,9,14-15H,1-4,6-8,10-13H2,(H,22,25). The monoisotopic (exact) mass is 401 g/mol. The number of pyridine rings is 1. The second kappa shape index (κ2) is 9.20. The van der Waals surface area contributed by atoms with Crippen molar-refractivity contribution in [1.29, 1.82) is 0 Å². The number of thiazole rings is 1. The largest absolute Gasteiger partial charge is 0.352 e. The van der Waals surface area contributed by atoms with E-state index in [1.165, 1.54) is 60.5 Å². The predicted molar refractivity (Wildman–Crippen MR) is 112 cm³/mol. The zero-order chi connectivity index (χ0) is 18.5. The fraction of sp³-hybridized carbons (Fsp3) is 0.571. The van der Waals surface area contributed by atoms with Crippen molar-refractivity contribution in [2.24, 2.45) is 0 Å². The highest BCUT2D eigenvalue weighted by molar-refractivity contribution is 7.99. The lowest BCUT2D eigenvalue weighted by atomic mass is 10.0. The molecule has 4 nitrogen and oxygen atoms in total. The molecule has 0 bridgehead atoms. The van der Waals surface area contributed by atoms with Crippen LogP contribution in [0.1, 0.15) is 70.9 Å². The van der Waals surface area contributed by atoms with Gasteiger partial charge in [-0.25, -0.2) is 9.97 Å². The molecule has 1 N–H and O–H groups in total. The lowest BCUT2D eigenvalue weighted by Gasteiger charge is -2.12. The fourth-order valence-corrected chi connectivity index (χ4v) is 6.36. The SMILES string of the molecule is O=C(NCCCc1nc2c(s1)CCCC2)c1cccnc1SC1CCCC1. The molecule has 144 valence electrons. The van der Waals surface area contributed by atoms with E-state index in [-0.39, 0.29) is 5.91 Å². The summed E-state index contributed by atoms with van der Waals surface area (Å²) in [5.74, 6) is 0.00188. The Labute approximate surface area is 169 Å². The molecule has 6 heteroatoms. The molecule has 2 aromatic heterocycles. The van der Waals surface area contributed by atoms with Crippen molar-refractivity contribution in [3.8, 4) is 0 Å². The highest BCUT2D eigenvalue weighted by atomic mass is 32.2. The van der Waals surface area contributed by atoms with Crippen LogP contribution in [0.4, 0.5) is 0 Å². The molecule has 27 heavy (non-hydrogen) atoms. The molecule has 2 aliphatic rings. The van der Waals surface area contributed by atoms with Gasteiger partial charge in [-0.15, -0.1) is 23.1 Å². The number of carbonyl (C=O) groups excluding carboxylic acids is 1. The third kappa shape index (κ3) is 4.91. The van der Waals surface area contributed by atoms with E-state index in [1.807, 2.05) is 23.5 Å². The number of nitrogens with zero attached hydrogens (tertiary/aromatic N) is 2. The van der Waals surface area contributed by atoms with Crippen LogP contribution in [-0.4, -0.2) is 27.7 Å². The summed E-state index contributed by atoms with van der Waals surface area (Å²) < 4.78 is 0. The van der Waals surface area contributed by atoms with Gasteiger partial charge in [0.05, 0.1) is 16.3 Å². The first-order chi connectivity index (χ1) is 13.3. The number of rotatable bonds is 7. The van der Waals surface area contributed by atoms with Crippen LogP contribution in [0, 0.1) is 0 Å². The van der Waals surface area contributed by atoms with Gasteiger partial charge in [0.15, 0.2) is 0 Å². The molecule has 0 radical (unpaired) electrons. The van der Waals surface area contributed by atoms with E-state index in [4.69, 9.17) is 4.98 Å². The van der Waals surface area contributed by atoms with Crippen LogP contribution in [0.25, 0.3) is 0 Å². The maximum atomic E-state index is 12.6. The molecule has 2 heterocycles. The van der Waals surface area contributed by atoms with E-state index in [1.54, 1.807) is 18.0 Å². The van der Waals surface area contributed by atoms with Crippen LogP contribution in [0.2, 0.25) is 0 Å². The molecule has 2 aromatic rings. The quantitative estimate of drug-likeness (QED) is 0.676. The van der Waals surface area contributed by atoms with Crippen LogP contribution in [-0.2, 0) is 19.3 Å². The molecular formula is C21H27N3OS2. The van der Waals surface area contributed by atoms with Gasteiger partial charge >= 0.3 is 0 Å². The molecule has 2 aliphatic carbocycles. The molecule has 4 rings (SSSR count). The summed E-state index contributed by atoms with van der Waals surface area (Å²) in [5, 5.41) is 5.81. The van der Waals surface area contributed by atoms with Gasteiger partial charge in [-0.2, -0.15) is 0 Å². The Balaban J connectivity index is 1.27. The number of nitrogens with one attached hydrogen (secondary N) is 1. The van der Waals surface area contributed by atoms with E-state index in [9.17, 15) is 4.79 Å². The molecule has 0 aromatic carbocycles. The zero-order valence-electron chi connectivity index (χ0n) is 15.7. The van der Waals surface area contributed by atoms with E-state index < -0.39 is 0 Å². The molecule has 0 spiro atoms. The van der Waals surface area contributed by atoms with Crippen LogP contribution < -0.4 is 5.32 Å². The highest BCUT2D eigenvalue weighted by Crippen LogP contribution is 2.35. The highest BCUT2D eigenvalue weighted by Gasteiger charge is 2.20. The minimum atomic E-state index is 0.00188. The Kier molecular flexibility index (Phi) is 6.45. The molecule has 0 atom stereocenters. The Morgan fingerprint density at radius 3 is 2.93 bits per heavy atom. The molecule has 0 saturated heterocycles. The van der Waals surface area contributed by atoms with Gasteiger partial charge in [-0.05, 0) is 57.1 Å². The van der Waals surface area contributed by atoms with Crippen LogP contribution in [0.5, 0.6) is 0 Å². The van der Waals surface area contributed by atoms with Crippen LogP contribution in [0.3, 0.4) is 0 Å². The number of aromatic nitrogens is 2. The summed E-state index contributed by atoms with van der Waals surface area (Å²) >= 11 is 3.65. The van der Waals surface area contributed by atoms with Gasteiger partial charge in [0.25, 0.3) is 5.91 Å². The first-order valence-corrected chi connectivity index (χ1v) is 11.9. The molecule has 1 amide bonds. The number of hydrogen-bond donors (Lipinski definition) is 1. The smallest absolute Gasteiger partial charge is 0.254 e. The van der Waals surface area contributed by atoms with E-state index in [2.05, 4.69) is 10.3 Å². The summed E-state index contributed by atoms with van der Waals surface area (Å²) in [6.07, 6.45) is 13.7. The average molecular weight is 402 g/mol. The summed E-state index contributed by atoms with van der Waals surface area (Å²) in [6, 6.07) is 3.75. The first-order valence-electron chi connectivity index (χ1n) is 10.2. The van der Waals surface area contributed by atoms with Crippen molar-refractivity contribution in [2.75, 3.05) is 6.54 Å². The number of hydrogen-bond acceptors (Lipinski definition) is 5. The number of thioether (sulfide) groups is 1. The van der Waals surface area contributed by atoms with Gasteiger partial charge in [0.1, 0.15) is 5.03 Å². The van der Waals surface area contributed by atoms with Gasteiger partial charge in [0.2, 0.25) is 0 Å². The van der Waals surface area contributed by atoms with Crippen molar-refractivity contribution in [2.45, 2.75) is 74.5 Å². The lowest BCUT2D eigenvalue weighted by Crippen LogP contribution is -2.25. The van der Waals surface area contributed by atoms with Crippen molar-refractivity contribution in [3.05, 3.63) is 39.5 Å². The van der Waals surface area contributed by atoms with E-state index in [0.717, 1.165) is 29.9 Å². The van der Waals surface area contributed by atoms with Crippen molar-refractivity contribution < 1.29 is 4.79 Å². The molecular weight excluding hydrogens is 374 g/mol. The van der Waals surface area contributed by atoms with Crippen LogP contribution >= 0.6 is 23.1 Å². The second-order valence-electron chi connectivity index (χ2n) is 7.42. The Hall–Kier alpha value is -1.40. The normalized spacial score (nSPS) is 17.0. The Morgan fingerprint density at radius 2 is 2.07 bits per heavy atom. The van der Waals surface area contributed by atoms with Gasteiger partial charge in [-0.1, -0.05) is 12.8 Å². The van der Waals surface area contributed by atoms with Crippen molar-refractivity contribution in [1.82, 2.24) is 15.3 Å². The number of amides is 1. The third-order valence-electron chi connectivity index (χ3n) is 5.34.